The summed E-state index contributed by atoms with van der Waals surface area (Å²) < 4.78 is 101. The van der Waals surface area contributed by atoms with Gasteiger partial charge in [0.1, 0.15) is 11.2 Å². The fourth-order valence-corrected chi connectivity index (χ4v) is 5.45. The molecule has 0 radical (unpaired) electrons. The van der Waals surface area contributed by atoms with E-state index in [1.54, 1.807) is 0 Å². The lowest BCUT2D eigenvalue weighted by Gasteiger charge is -2.40. The lowest BCUT2D eigenvalue weighted by molar-refractivity contribution is -0.195. The monoisotopic (exact) mass is 572 g/mol. The van der Waals surface area contributed by atoms with Crippen LogP contribution in [-0.4, -0.2) is 36.4 Å². The molecule has 1 aliphatic carbocycles. The Kier molecular flexibility index (Phi) is 7.37. The number of nitrogens with zero attached hydrogens (tertiary/aromatic N) is 1. The van der Waals surface area contributed by atoms with E-state index in [1.807, 2.05) is 0 Å². The summed E-state index contributed by atoms with van der Waals surface area (Å²) in [5.41, 5.74) is -5.55. The predicted molar refractivity (Wildman–Crippen MR) is 123 cm³/mol. The van der Waals surface area contributed by atoms with Crippen LogP contribution in [0.2, 0.25) is 10.0 Å². The Balaban J connectivity index is 1.76. The minimum Gasteiger partial charge on any atom is -0.394 e. The highest BCUT2D eigenvalue weighted by Gasteiger charge is 2.65. The Labute approximate surface area is 217 Å². The molecule has 13 heteroatoms. The Morgan fingerprint density at radius 3 is 2.35 bits per heavy atom. The maximum atomic E-state index is 15.0. The molecule has 2 unspecified atom stereocenters. The summed E-state index contributed by atoms with van der Waals surface area (Å²) in [4.78, 5) is 12.9. The van der Waals surface area contributed by atoms with Gasteiger partial charge in [0.2, 0.25) is 5.91 Å². The zero-order valence-electron chi connectivity index (χ0n) is 19.0. The number of aliphatic hydroxyl groups excluding tert-OH is 1. The minimum absolute atomic E-state index is 0.223. The van der Waals surface area contributed by atoms with Crippen LogP contribution in [0.3, 0.4) is 0 Å². The molecule has 1 saturated heterocycles. The summed E-state index contributed by atoms with van der Waals surface area (Å²) in [7, 11) is 0. The molecule has 37 heavy (non-hydrogen) atoms. The third-order valence-corrected chi connectivity index (χ3v) is 7.47. The maximum Gasteiger partial charge on any atom is 0.416 e. The summed E-state index contributed by atoms with van der Waals surface area (Å²) >= 11 is 11.6. The molecule has 202 valence electrons. The predicted octanol–water partition coefficient (Wildman–Crippen LogP) is 6.25. The van der Waals surface area contributed by atoms with Gasteiger partial charge in [-0.1, -0.05) is 29.3 Å². The van der Waals surface area contributed by atoms with E-state index in [9.17, 15) is 40.6 Å². The first-order valence-corrected chi connectivity index (χ1v) is 12.0. The molecule has 2 aromatic rings. The van der Waals surface area contributed by atoms with Crippen molar-refractivity contribution in [3.8, 4) is 0 Å². The molecule has 0 bridgehead atoms. The van der Waals surface area contributed by atoms with Crippen molar-refractivity contribution in [3.63, 3.8) is 0 Å². The average Bonchev–Trinajstić information content (AvgIpc) is 3.58. The molecule has 1 heterocycles. The van der Waals surface area contributed by atoms with Crippen LogP contribution in [0.25, 0.3) is 0 Å². The SMILES string of the molecule is O=C(NCc1ccc(N2CCC(c3cc(Cl)cc(Cl)c3F)(C(F)(F)F)C2CO)cc1C(F)(F)F)C1CC1. The topological polar surface area (TPSA) is 52.6 Å². The van der Waals surface area contributed by atoms with Gasteiger partial charge in [0.15, 0.2) is 0 Å². The molecule has 4 nitrogen and oxygen atoms in total. The van der Waals surface area contributed by atoms with Crippen LogP contribution < -0.4 is 10.2 Å². The number of halogens is 9. The van der Waals surface area contributed by atoms with E-state index >= 15 is 0 Å². The molecule has 1 saturated carbocycles. The van der Waals surface area contributed by atoms with E-state index in [-0.39, 0.29) is 28.1 Å². The number of hydrogen-bond acceptors (Lipinski definition) is 3. The van der Waals surface area contributed by atoms with Gasteiger partial charge in [-0.2, -0.15) is 26.3 Å². The number of nitrogens with one attached hydrogen (secondary N) is 1. The van der Waals surface area contributed by atoms with Gasteiger partial charge in [-0.3, -0.25) is 4.79 Å². The zero-order chi connectivity index (χ0) is 27.3. The van der Waals surface area contributed by atoms with Crippen molar-refractivity contribution in [2.75, 3.05) is 18.1 Å². The van der Waals surface area contributed by atoms with Gasteiger partial charge < -0.3 is 15.3 Å². The second-order valence-electron chi connectivity index (χ2n) is 9.19. The number of hydrogen-bond donors (Lipinski definition) is 2. The largest absolute Gasteiger partial charge is 0.416 e. The van der Waals surface area contributed by atoms with E-state index in [1.165, 1.54) is 6.07 Å². The third-order valence-electron chi connectivity index (χ3n) is 6.98. The van der Waals surface area contributed by atoms with Crippen molar-refractivity contribution in [1.29, 1.82) is 0 Å². The molecule has 2 aliphatic rings. The number of benzene rings is 2. The van der Waals surface area contributed by atoms with Crippen molar-refractivity contribution < 1.29 is 40.6 Å². The van der Waals surface area contributed by atoms with Crippen molar-refractivity contribution >= 4 is 34.8 Å². The van der Waals surface area contributed by atoms with Crippen LogP contribution in [0.15, 0.2) is 30.3 Å². The summed E-state index contributed by atoms with van der Waals surface area (Å²) in [5, 5.41) is 11.6. The summed E-state index contributed by atoms with van der Waals surface area (Å²) in [6, 6.07) is 2.76. The number of anilines is 1. The molecular weight excluding hydrogens is 552 g/mol. The lowest BCUT2D eigenvalue weighted by atomic mass is 9.73. The molecule has 2 N–H and O–H groups in total. The molecule has 0 aromatic heterocycles. The molecule has 0 spiro atoms. The number of rotatable bonds is 6. The van der Waals surface area contributed by atoms with Crippen LogP contribution in [0.1, 0.15) is 36.0 Å². The summed E-state index contributed by atoms with van der Waals surface area (Å²) in [5.74, 6) is -1.96. The first-order chi connectivity index (χ1) is 17.2. The van der Waals surface area contributed by atoms with Crippen molar-refractivity contribution in [2.45, 2.75) is 49.6 Å². The molecule has 2 fully saturated rings. The highest BCUT2D eigenvalue weighted by Crippen LogP contribution is 2.54. The van der Waals surface area contributed by atoms with Gasteiger partial charge in [0.05, 0.1) is 23.2 Å². The fourth-order valence-electron chi connectivity index (χ4n) is 4.96. The zero-order valence-corrected chi connectivity index (χ0v) is 20.5. The van der Waals surface area contributed by atoms with E-state index in [0.717, 1.165) is 23.1 Å². The molecule has 2 atom stereocenters. The van der Waals surface area contributed by atoms with E-state index in [4.69, 9.17) is 23.2 Å². The maximum absolute atomic E-state index is 15.0. The first kappa shape index (κ1) is 27.8. The van der Waals surface area contributed by atoms with E-state index < -0.39 is 71.9 Å². The minimum atomic E-state index is -5.12. The van der Waals surface area contributed by atoms with Crippen LogP contribution >= 0.6 is 23.2 Å². The van der Waals surface area contributed by atoms with Gasteiger partial charge in [-0.05, 0) is 49.1 Å². The van der Waals surface area contributed by atoms with Crippen LogP contribution in [0.5, 0.6) is 0 Å². The van der Waals surface area contributed by atoms with Gasteiger partial charge in [-0.25, -0.2) is 4.39 Å². The van der Waals surface area contributed by atoms with Crippen molar-refractivity contribution in [3.05, 3.63) is 62.9 Å². The van der Waals surface area contributed by atoms with Crippen LogP contribution in [-0.2, 0) is 22.9 Å². The van der Waals surface area contributed by atoms with Crippen molar-refractivity contribution in [2.24, 2.45) is 5.92 Å². The quantitative estimate of drug-likeness (QED) is 0.318. The highest BCUT2D eigenvalue weighted by molar-refractivity contribution is 6.34. The third kappa shape index (κ3) is 5.09. The number of alkyl halides is 6. The summed E-state index contributed by atoms with van der Waals surface area (Å²) in [6.45, 7) is -2.00. The van der Waals surface area contributed by atoms with Gasteiger partial charge in [0.25, 0.3) is 0 Å². The number of amides is 1. The standard InChI is InChI=1S/C24H21Cl2F7N2O2/c25-14-7-17(20(27)18(26)8-14)22(24(31,32)33)5-6-35(19(22)11-36)15-4-3-13(16(9-15)23(28,29)30)10-34-21(37)12-1-2-12/h3-4,7-9,12,19,36H,1-2,5-6,10-11H2,(H,34,37). The number of carbonyl (C=O) groups excluding carboxylic acids is 1. The smallest absolute Gasteiger partial charge is 0.394 e. The normalized spacial score (nSPS) is 22.4. The Bertz CT molecular complexity index is 1200. The molecular formula is C24H21Cl2F7N2O2. The van der Waals surface area contributed by atoms with Crippen LogP contribution in [0.4, 0.5) is 36.4 Å². The first-order valence-electron chi connectivity index (χ1n) is 11.3. The van der Waals surface area contributed by atoms with Crippen molar-refractivity contribution in [1.82, 2.24) is 5.32 Å². The van der Waals surface area contributed by atoms with E-state index in [2.05, 4.69) is 5.32 Å². The highest BCUT2D eigenvalue weighted by atomic mass is 35.5. The summed E-state index contributed by atoms with van der Waals surface area (Å²) in [6.07, 6.45) is -9.45. The Hall–Kier alpha value is -2.24. The Morgan fingerprint density at radius 2 is 1.78 bits per heavy atom. The van der Waals surface area contributed by atoms with Gasteiger partial charge in [-0.15, -0.1) is 0 Å². The molecule has 4 rings (SSSR count). The molecule has 1 aliphatic heterocycles. The van der Waals surface area contributed by atoms with Gasteiger partial charge in [0, 0.05) is 35.3 Å². The molecule has 1 amide bonds. The lowest BCUT2D eigenvalue weighted by Crippen LogP contribution is -2.54. The number of carbonyl (C=O) groups is 1. The Morgan fingerprint density at radius 1 is 1.11 bits per heavy atom. The fraction of sp³-hybridized carbons (Fsp3) is 0.458. The molecule has 2 aromatic carbocycles. The van der Waals surface area contributed by atoms with Gasteiger partial charge >= 0.3 is 12.4 Å². The van der Waals surface area contributed by atoms with E-state index in [0.29, 0.717) is 18.9 Å². The average molecular weight is 573 g/mol. The van der Waals surface area contributed by atoms with Crippen LogP contribution in [0, 0.1) is 11.7 Å². The second-order valence-corrected chi connectivity index (χ2v) is 10.0. The number of aliphatic hydroxyl groups is 1. The second kappa shape index (κ2) is 9.81.